The predicted octanol–water partition coefficient (Wildman–Crippen LogP) is 7.18. The number of hydrogen-bond donors (Lipinski definition) is 2. The van der Waals surface area contributed by atoms with E-state index in [9.17, 15) is 9.59 Å². The van der Waals surface area contributed by atoms with Crippen LogP contribution in [0.15, 0.2) is 121 Å². The maximum atomic E-state index is 12.4. The molecule has 0 aliphatic carbocycles. The molecule has 0 heterocycles. The minimum Gasteiger partial charge on any atom is -0.356 e. The van der Waals surface area contributed by atoms with Gasteiger partial charge in [0.15, 0.2) is 0 Å². The van der Waals surface area contributed by atoms with Gasteiger partial charge in [-0.1, -0.05) is 121 Å². The molecule has 0 spiro atoms. The summed E-state index contributed by atoms with van der Waals surface area (Å²) < 4.78 is 0. The van der Waals surface area contributed by atoms with Gasteiger partial charge in [0.05, 0.1) is 0 Å². The fraction of sp³-hybridized carbons (Fsp3) is 0.278. The molecule has 4 aromatic rings. The van der Waals surface area contributed by atoms with Gasteiger partial charge in [0.1, 0.15) is 0 Å². The molecule has 0 saturated heterocycles. The number of thioether (sulfide) groups is 1. The molecule has 0 aromatic heterocycles. The van der Waals surface area contributed by atoms with Crippen LogP contribution in [-0.2, 0) is 9.59 Å². The lowest BCUT2D eigenvalue weighted by atomic mass is 9.88. The molecule has 0 unspecified atom stereocenters. The van der Waals surface area contributed by atoms with Gasteiger partial charge < -0.3 is 10.6 Å². The molecule has 0 aliphatic heterocycles. The van der Waals surface area contributed by atoms with Crippen LogP contribution in [0, 0.1) is 0 Å². The molecular formula is C36H40N2O2S. The highest BCUT2D eigenvalue weighted by molar-refractivity contribution is 7.99. The van der Waals surface area contributed by atoms with Crippen LogP contribution in [0.1, 0.15) is 59.8 Å². The Morgan fingerprint density at radius 3 is 1.07 bits per heavy atom. The van der Waals surface area contributed by atoms with Gasteiger partial charge >= 0.3 is 0 Å². The minimum absolute atomic E-state index is 0.0645. The first kappa shape index (κ1) is 30.1. The molecule has 0 saturated carbocycles. The molecule has 0 fully saturated rings. The maximum Gasteiger partial charge on any atom is 0.220 e. The summed E-state index contributed by atoms with van der Waals surface area (Å²) in [6.07, 6.45) is 2.62. The highest BCUT2D eigenvalue weighted by Crippen LogP contribution is 2.28. The molecule has 212 valence electrons. The van der Waals surface area contributed by atoms with Gasteiger partial charge in [-0.3, -0.25) is 9.59 Å². The Labute approximate surface area is 249 Å². The Kier molecular flexibility index (Phi) is 12.6. The third-order valence-corrected chi connectivity index (χ3v) is 8.25. The Morgan fingerprint density at radius 2 is 0.780 bits per heavy atom. The van der Waals surface area contributed by atoms with Gasteiger partial charge in [-0.25, -0.2) is 0 Å². The van der Waals surface area contributed by atoms with Crippen molar-refractivity contribution in [2.24, 2.45) is 0 Å². The molecule has 0 bridgehead atoms. The molecule has 0 aliphatic rings. The molecule has 2 N–H and O–H groups in total. The van der Waals surface area contributed by atoms with Crippen LogP contribution in [-0.4, -0.2) is 36.4 Å². The van der Waals surface area contributed by atoms with Crippen molar-refractivity contribution in [2.75, 3.05) is 24.6 Å². The van der Waals surface area contributed by atoms with Gasteiger partial charge in [-0.2, -0.15) is 11.8 Å². The summed E-state index contributed by atoms with van der Waals surface area (Å²) in [6, 6.07) is 41.8. The second kappa shape index (κ2) is 17.1. The van der Waals surface area contributed by atoms with E-state index in [2.05, 4.69) is 108 Å². The molecule has 4 nitrogen and oxygen atoms in total. The Morgan fingerprint density at radius 1 is 0.488 bits per heavy atom. The maximum absolute atomic E-state index is 12.4. The predicted molar refractivity (Wildman–Crippen MR) is 171 cm³/mol. The largest absolute Gasteiger partial charge is 0.356 e. The third-order valence-electron chi connectivity index (χ3n) is 7.27. The second-order valence-corrected chi connectivity index (χ2v) is 11.4. The number of rotatable bonds is 16. The first-order chi connectivity index (χ1) is 20.2. The van der Waals surface area contributed by atoms with Crippen LogP contribution in [0.5, 0.6) is 0 Å². The highest BCUT2D eigenvalue weighted by Gasteiger charge is 2.15. The molecular weight excluding hydrogens is 524 g/mol. The van der Waals surface area contributed by atoms with Crippen molar-refractivity contribution >= 4 is 23.6 Å². The average molecular weight is 565 g/mol. The van der Waals surface area contributed by atoms with E-state index in [1.807, 2.05) is 24.3 Å². The van der Waals surface area contributed by atoms with Crippen molar-refractivity contribution < 1.29 is 9.59 Å². The van der Waals surface area contributed by atoms with Gasteiger partial charge in [-0.05, 0) is 35.1 Å². The highest BCUT2D eigenvalue weighted by atomic mass is 32.2. The van der Waals surface area contributed by atoms with Crippen LogP contribution < -0.4 is 10.6 Å². The number of amides is 2. The van der Waals surface area contributed by atoms with E-state index in [0.717, 1.165) is 12.8 Å². The quantitative estimate of drug-likeness (QED) is 0.142. The number of hydrogen-bond acceptors (Lipinski definition) is 3. The van der Waals surface area contributed by atoms with Crippen molar-refractivity contribution in [1.82, 2.24) is 10.6 Å². The Hall–Kier alpha value is -3.83. The fourth-order valence-electron chi connectivity index (χ4n) is 5.11. The zero-order chi connectivity index (χ0) is 28.5. The van der Waals surface area contributed by atoms with E-state index in [0.29, 0.717) is 37.4 Å². The first-order valence-corrected chi connectivity index (χ1v) is 15.7. The van der Waals surface area contributed by atoms with Crippen LogP contribution in [0.25, 0.3) is 0 Å². The average Bonchev–Trinajstić information content (AvgIpc) is 3.03. The summed E-state index contributed by atoms with van der Waals surface area (Å²) in [6.45, 7) is 1.26. The lowest BCUT2D eigenvalue weighted by Gasteiger charge is -2.18. The van der Waals surface area contributed by atoms with E-state index in [1.165, 1.54) is 22.3 Å². The summed E-state index contributed by atoms with van der Waals surface area (Å²) in [5.41, 5.74) is 5.05. The van der Waals surface area contributed by atoms with Crippen LogP contribution >= 0.6 is 11.8 Å². The molecule has 0 atom stereocenters. The zero-order valence-corrected chi connectivity index (χ0v) is 24.4. The first-order valence-electron chi connectivity index (χ1n) is 14.5. The number of carbonyl (C=O) groups is 2. The number of carbonyl (C=O) groups excluding carboxylic acids is 2. The summed E-state index contributed by atoms with van der Waals surface area (Å²) in [4.78, 5) is 24.9. The van der Waals surface area contributed by atoms with Crippen molar-refractivity contribution in [3.8, 4) is 0 Å². The molecule has 4 rings (SSSR count). The summed E-state index contributed by atoms with van der Waals surface area (Å²) in [5, 5.41) is 6.17. The van der Waals surface area contributed by atoms with Gasteiger partial charge in [0.2, 0.25) is 11.8 Å². The standard InChI is InChI=1S/C36H40N2O2S/c39-35(37-25-21-33(29-13-5-1-6-14-29)30-15-7-2-8-16-30)23-27-41-28-24-36(40)38-26-22-34(31-17-9-3-10-18-31)32-19-11-4-12-20-32/h1-20,33-34H,21-28H2,(H,37,39)(H,38,40). The fourth-order valence-corrected chi connectivity index (χ4v) is 5.98. The van der Waals surface area contributed by atoms with Crippen molar-refractivity contribution in [3.05, 3.63) is 144 Å². The number of benzene rings is 4. The van der Waals surface area contributed by atoms with E-state index in [4.69, 9.17) is 0 Å². The van der Waals surface area contributed by atoms with Crippen molar-refractivity contribution in [1.29, 1.82) is 0 Å². The third kappa shape index (κ3) is 10.3. The van der Waals surface area contributed by atoms with Gasteiger partial charge in [-0.15, -0.1) is 0 Å². The van der Waals surface area contributed by atoms with E-state index in [-0.39, 0.29) is 23.7 Å². The summed E-state index contributed by atoms with van der Waals surface area (Å²) in [5.74, 6) is 2.06. The lowest BCUT2D eigenvalue weighted by molar-refractivity contribution is -0.121. The van der Waals surface area contributed by atoms with Crippen molar-refractivity contribution in [3.63, 3.8) is 0 Å². The Bertz CT molecular complexity index is 1120. The van der Waals surface area contributed by atoms with Gasteiger partial charge in [0.25, 0.3) is 0 Å². The molecule has 2 amide bonds. The summed E-state index contributed by atoms with van der Waals surface area (Å²) >= 11 is 1.66. The second-order valence-electron chi connectivity index (χ2n) is 10.1. The van der Waals surface area contributed by atoms with Crippen LogP contribution in [0.2, 0.25) is 0 Å². The normalized spacial score (nSPS) is 11.0. The SMILES string of the molecule is O=C(CCSCCC(=O)NCCC(c1ccccc1)c1ccccc1)NCCC(c1ccccc1)c1ccccc1. The van der Waals surface area contributed by atoms with E-state index in [1.54, 1.807) is 11.8 Å². The topological polar surface area (TPSA) is 58.2 Å². The van der Waals surface area contributed by atoms with Crippen LogP contribution in [0.4, 0.5) is 0 Å². The lowest BCUT2D eigenvalue weighted by Crippen LogP contribution is -2.27. The minimum atomic E-state index is 0.0645. The Balaban J connectivity index is 1.10. The zero-order valence-electron chi connectivity index (χ0n) is 23.6. The molecule has 41 heavy (non-hydrogen) atoms. The van der Waals surface area contributed by atoms with Crippen LogP contribution in [0.3, 0.4) is 0 Å². The van der Waals surface area contributed by atoms with Gasteiger partial charge in [0, 0.05) is 49.3 Å². The van der Waals surface area contributed by atoms with Crippen molar-refractivity contribution in [2.45, 2.75) is 37.5 Å². The molecule has 0 radical (unpaired) electrons. The monoisotopic (exact) mass is 564 g/mol. The molecule has 4 aromatic carbocycles. The number of nitrogens with one attached hydrogen (secondary N) is 2. The van der Waals surface area contributed by atoms with E-state index < -0.39 is 0 Å². The molecule has 5 heteroatoms. The summed E-state index contributed by atoms with van der Waals surface area (Å²) in [7, 11) is 0. The smallest absolute Gasteiger partial charge is 0.220 e. The van der Waals surface area contributed by atoms with E-state index >= 15 is 0 Å².